The first-order valence-electron chi connectivity index (χ1n) is 7.72. The molecule has 21 heavy (non-hydrogen) atoms. The van der Waals surface area contributed by atoms with Gasteiger partial charge in [-0.15, -0.1) is 0 Å². The lowest BCUT2D eigenvalue weighted by molar-refractivity contribution is -0.136. The fourth-order valence-electron chi connectivity index (χ4n) is 2.37. The van der Waals surface area contributed by atoms with Gasteiger partial charge in [0.2, 0.25) is 0 Å². The standard InChI is InChI=1S/C17H26O3S/c1-3-5-9-14(4-2)13-21(20)16(17(18)19)12-15-10-7-6-8-11-15/h6-8,10-11,14,16H,3-5,9,12-13H2,1-2H3,(H,18,19). The van der Waals surface area contributed by atoms with Gasteiger partial charge in [-0.1, -0.05) is 63.4 Å². The predicted octanol–water partition coefficient (Wildman–Crippen LogP) is 3.65. The van der Waals surface area contributed by atoms with Gasteiger partial charge in [0.1, 0.15) is 5.25 Å². The maximum Gasteiger partial charge on any atom is 0.319 e. The molecule has 4 heteroatoms. The fourth-order valence-corrected chi connectivity index (χ4v) is 4.07. The van der Waals surface area contributed by atoms with Gasteiger partial charge >= 0.3 is 5.97 Å². The quantitative estimate of drug-likeness (QED) is 0.717. The van der Waals surface area contributed by atoms with Gasteiger partial charge in [-0.3, -0.25) is 9.00 Å². The number of rotatable bonds is 10. The highest BCUT2D eigenvalue weighted by Gasteiger charge is 2.26. The van der Waals surface area contributed by atoms with Crippen LogP contribution in [0.4, 0.5) is 0 Å². The number of hydrogen-bond donors (Lipinski definition) is 1. The molecule has 3 atom stereocenters. The molecule has 3 nitrogen and oxygen atoms in total. The van der Waals surface area contributed by atoms with E-state index in [9.17, 15) is 14.1 Å². The molecule has 0 aliphatic carbocycles. The van der Waals surface area contributed by atoms with Crippen molar-refractivity contribution in [3.8, 4) is 0 Å². The first-order chi connectivity index (χ1) is 10.1. The van der Waals surface area contributed by atoms with Gasteiger partial charge in [0, 0.05) is 16.6 Å². The zero-order valence-corrected chi connectivity index (χ0v) is 13.8. The van der Waals surface area contributed by atoms with E-state index in [-0.39, 0.29) is 0 Å². The van der Waals surface area contributed by atoms with Crippen molar-refractivity contribution < 1.29 is 14.1 Å². The normalized spacial score (nSPS) is 15.3. The molecule has 0 saturated carbocycles. The Morgan fingerprint density at radius 2 is 1.90 bits per heavy atom. The van der Waals surface area contributed by atoms with Crippen molar-refractivity contribution in [1.82, 2.24) is 0 Å². The zero-order chi connectivity index (χ0) is 15.7. The first-order valence-corrected chi connectivity index (χ1v) is 9.10. The summed E-state index contributed by atoms with van der Waals surface area (Å²) in [6, 6.07) is 9.44. The van der Waals surface area contributed by atoms with Gasteiger partial charge in [0.05, 0.1) is 0 Å². The summed E-state index contributed by atoms with van der Waals surface area (Å²) in [5.41, 5.74) is 0.930. The van der Waals surface area contributed by atoms with E-state index in [1.54, 1.807) is 0 Å². The van der Waals surface area contributed by atoms with Crippen LogP contribution in [0.15, 0.2) is 30.3 Å². The third kappa shape index (κ3) is 6.42. The Morgan fingerprint density at radius 1 is 1.24 bits per heavy atom. The largest absolute Gasteiger partial charge is 0.480 e. The molecule has 0 aliphatic heterocycles. The minimum atomic E-state index is -1.32. The number of carboxylic acids is 1. The van der Waals surface area contributed by atoms with E-state index in [4.69, 9.17) is 0 Å². The van der Waals surface area contributed by atoms with Crippen LogP contribution in [0.3, 0.4) is 0 Å². The van der Waals surface area contributed by atoms with Gasteiger partial charge in [0.25, 0.3) is 0 Å². The predicted molar refractivity (Wildman–Crippen MR) is 87.9 cm³/mol. The summed E-state index contributed by atoms with van der Waals surface area (Å²) >= 11 is 0. The van der Waals surface area contributed by atoms with Crippen molar-refractivity contribution in [2.75, 3.05) is 5.75 Å². The van der Waals surface area contributed by atoms with Gasteiger partial charge in [-0.25, -0.2) is 0 Å². The third-order valence-corrected chi connectivity index (χ3v) is 5.60. The Balaban J connectivity index is 2.67. The molecular formula is C17H26O3S. The second kappa shape index (κ2) is 9.72. The molecule has 3 unspecified atom stereocenters. The summed E-state index contributed by atoms with van der Waals surface area (Å²) in [5.74, 6) is -0.0914. The number of carbonyl (C=O) groups is 1. The second-order valence-corrected chi connectivity index (χ2v) is 7.14. The van der Waals surface area contributed by atoms with Gasteiger partial charge in [-0.2, -0.15) is 0 Å². The van der Waals surface area contributed by atoms with Crippen LogP contribution in [0.2, 0.25) is 0 Å². The van der Waals surface area contributed by atoms with Crippen LogP contribution in [0.5, 0.6) is 0 Å². The highest BCUT2D eigenvalue weighted by molar-refractivity contribution is 7.86. The topological polar surface area (TPSA) is 54.4 Å². The van der Waals surface area contributed by atoms with Crippen molar-refractivity contribution in [3.05, 3.63) is 35.9 Å². The van der Waals surface area contributed by atoms with E-state index >= 15 is 0 Å². The van der Waals surface area contributed by atoms with Crippen LogP contribution in [0, 0.1) is 5.92 Å². The highest BCUT2D eigenvalue weighted by Crippen LogP contribution is 2.17. The monoisotopic (exact) mass is 310 g/mol. The molecule has 0 aliphatic rings. The molecule has 1 N–H and O–H groups in total. The Labute approximate surface area is 130 Å². The Kier molecular flexibility index (Phi) is 8.28. The number of aliphatic carboxylic acids is 1. The summed E-state index contributed by atoms with van der Waals surface area (Å²) in [7, 11) is -1.32. The molecule has 0 aromatic heterocycles. The van der Waals surface area contributed by atoms with Crippen LogP contribution in [-0.2, 0) is 22.0 Å². The van der Waals surface area contributed by atoms with E-state index in [0.29, 0.717) is 18.1 Å². The van der Waals surface area contributed by atoms with Gasteiger partial charge in [-0.05, 0) is 24.3 Å². The number of benzene rings is 1. The summed E-state index contributed by atoms with van der Waals surface area (Å²) in [4.78, 5) is 11.4. The van der Waals surface area contributed by atoms with Gasteiger partial charge in [0.15, 0.2) is 0 Å². The highest BCUT2D eigenvalue weighted by atomic mass is 32.2. The molecule has 0 spiro atoms. The molecular weight excluding hydrogens is 284 g/mol. The van der Waals surface area contributed by atoms with E-state index in [1.165, 1.54) is 0 Å². The van der Waals surface area contributed by atoms with E-state index < -0.39 is 22.0 Å². The minimum Gasteiger partial charge on any atom is -0.480 e. The summed E-state index contributed by atoms with van der Waals surface area (Å²) in [5, 5.41) is 8.57. The molecule has 118 valence electrons. The van der Waals surface area contributed by atoms with Crippen molar-refractivity contribution in [1.29, 1.82) is 0 Å². The Hall–Kier alpha value is -1.16. The Morgan fingerprint density at radius 3 is 2.43 bits per heavy atom. The van der Waals surface area contributed by atoms with Crippen LogP contribution in [0.25, 0.3) is 0 Å². The number of hydrogen-bond acceptors (Lipinski definition) is 2. The SMILES string of the molecule is CCCCC(CC)CS(=O)C(Cc1ccccc1)C(=O)O. The van der Waals surface area contributed by atoms with Crippen molar-refractivity contribution in [2.24, 2.45) is 5.92 Å². The molecule has 1 aromatic carbocycles. The Bertz CT molecular complexity index is 445. The molecule has 0 bridgehead atoms. The average Bonchev–Trinajstić information content (AvgIpc) is 2.49. The molecule has 0 radical (unpaired) electrons. The maximum atomic E-state index is 12.5. The summed E-state index contributed by atoms with van der Waals surface area (Å²) in [6.45, 7) is 4.23. The smallest absolute Gasteiger partial charge is 0.319 e. The van der Waals surface area contributed by atoms with E-state index in [1.807, 2.05) is 30.3 Å². The van der Waals surface area contributed by atoms with Crippen molar-refractivity contribution in [2.45, 2.75) is 51.2 Å². The lowest BCUT2D eigenvalue weighted by Gasteiger charge is -2.18. The number of unbranched alkanes of at least 4 members (excludes halogenated alkanes) is 1. The third-order valence-electron chi connectivity index (χ3n) is 3.80. The van der Waals surface area contributed by atoms with E-state index in [2.05, 4.69) is 13.8 Å². The van der Waals surface area contributed by atoms with Crippen LogP contribution >= 0.6 is 0 Å². The summed E-state index contributed by atoms with van der Waals surface area (Å²) in [6.07, 6.45) is 4.58. The lowest BCUT2D eigenvalue weighted by atomic mass is 10.0. The molecule has 0 heterocycles. The van der Waals surface area contributed by atoms with Crippen LogP contribution in [0.1, 0.15) is 45.1 Å². The lowest BCUT2D eigenvalue weighted by Crippen LogP contribution is -2.31. The molecule has 0 amide bonds. The average molecular weight is 310 g/mol. The zero-order valence-electron chi connectivity index (χ0n) is 13.0. The van der Waals surface area contributed by atoms with Crippen molar-refractivity contribution >= 4 is 16.8 Å². The second-order valence-electron chi connectivity index (χ2n) is 5.48. The number of carboxylic acid groups (broad SMARTS) is 1. The molecule has 1 aromatic rings. The maximum absolute atomic E-state index is 12.5. The molecule has 0 fully saturated rings. The fraction of sp³-hybridized carbons (Fsp3) is 0.588. The van der Waals surface area contributed by atoms with Crippen molar-refractivity contribution in [3.63, 3.8) is 0 Å². The van der Waals surface area contributed by atoms with E-state index in [0.717, 1.165) is 31.2 Å². The molecule has 1 rings (SSSR count). The van der Waals surface area contributed by atoms with Gasteiger partial charge < -0.3 is 5.11 Å². The van der Waals surface area contributed by atoms with Crippen LogP contribution < -0.4 is 0 Å². The molecule has 0 saturated heterocycles. The first kappa shape index (κ1) is 17.9. The minimum absolute atomic E-state index is 0.340. The summed E-state index contributed by atoms with van der Waals surface area (Å²) < 4.78 is 12.5. The van der Waals surface area contributed by atoms with Crippen LogP contribution in [-0.4, -0.2) is 26.3 Å².